The van der Waals surface area contributed by atoms with Crippen LogP contribution in [-0.4, -0.2) is 9.55 Å². The second kappa shape index (κ2) is 2.63. The molecule has 2 rings (SSSR count). The van der Waals surface area contributed by atoms with Crippen LogP contribution >= 0.6 is 15.9 Å². The van der Waals surface area contributed by atoms with E-state index in [0.717, 1.165) is 11.2 Å². The van der Waals surface area contributed by atoms with Gasteiger partial charge in [0.15, 0.2) is 4.73 Å². The van der Waals surface area contributed by atoms with Gasteiger partial charge in [-0.3, -0.25) is 0 Å². The molecule has 0 saturated heterocycles. The third kappa shape index (κ3) is 1.11. The molecule has 2 nitrogen and oxygen atoms in total. The molecule has 0 aromatic carbocycles. The Morgan fingerprint density at radius 2 is 2.09 bits per heavy atom. The van der Waals surface area contributed by atoms with Crippen molar-refractivity contribution in [1.82, 2.24) is 9.55 Å². The number of fused-ring (bicyclic) bond motifs is 1. The quantitative estimate of drug-likeness (QED) is 0.647. The van der Waals surface area contributed by atoms with E-state index >= 15 is 0 Å². The molecule has 3 heteroatoms. The Labute approximate surface area is 74.8 Å². The molecule has 0 bridgehead atoms. The van der Waals surface area contributed by atoms with Gasteiger partial charge in [0.25, 0.3) is 0 Å². The summed E-state index contributed by atoms with van der Waals surface area (Å²) in [7, 11) is 2.07. The number of nitrogens with zero attached hydrogens (tertiary/aromatic N) is 2. The van der Waals surface area contributed by atoms with E-state index in [1.165, 1.54) is 30.7 Å². The average Bonchev–Trinajstić information content (AvgIpc) is 2.30. The molecular formula is C8H11BrN2. The van der Waals surface area contributed by atoms with Gasteiger partial charge in [0.1, 0.15) is 0 Å². The fourth-order valence-electron chi connectivity index (χ4n) is 1.65. The van der Waals surface area contributed by atoms with E-state index in [-0.39, 0.29) is 0 Å². The largest absolute Gasteiger partial charge is 0.326 e. The van der Waals surface area contributed by atoms with Gasteiger partial charge in [0, 0.05) is 12.7 Å². The Hall–Kier alpha value is -0.310. The molecular weight excluding hydrogens is 204 g/mol. The van der Waals surface area contributed by atoms with Crippen molar-refractivity contribution in [3.05, 3.63) is 16.1 Å². The summed E-state index contributed by atoms with van der Waals surface area (Å²) in [5.41, 5.74) is 2.72. The number of aromatic nitrogens is 2. The topological polar surface area (TPSA) is 17.8 Å². The Bertz CT molecular complexity index is 278. The van der Waals surface area contributed by atoms with Crippen molar-refractivity contribution in [3.63, 3.8) is 0 Å². The first-order valence-electron chi connectivity index (χ1n) is 3.99. The van der Waals surface area contributed by atoms with Crippen molar-refractivity contribution in [2.75, 3.05) is 0 Å². The average molecular weight is 215 g/mol. The zero-order valence-corrected chi connectivity index (χ0v) is 8.19. The summed E-state index contributed by atoms with van der Waals surface area (Å²) < 4.78 is 3.12. The molecule has 0 radical (unpaired) electrons. The molecule has 1 heterocycles. The number of rotatable bonds is 0. The first-order chi connectivity index (χ1) is 5.29. The second-order valence-corrected chi connectivity index (χ2v) is 3.75. The predicted molar refractivity (Wildman–Crippen MR) is 47.6 cm³/mol. The van der Waals surface area contributed by atoms with Gasteiger partial charge in [-0.05, 0) is 41.6 Å². The van der Waals surface area contributed by atoms with Crippen LogP contribution in [0.25, 0.3) is 0 Å². The van der Waals surface area contributed by atoms with Crippen LogP contribution in [-0.2, 0) is 19.9 Å². The van der Waals surface area contributed by atoms with Crippen LogP contribution < -0.4 is 0 Å². The highest BCUT2D eigenvalue weighted by atomic mass is 79.9. The summed E-state index contributed by atoms with van der Waals surface area (Å²) >= 11 is 3.43. The van der Waals surface area contributed by atoms with E-state index in [9.17, 15) is 0 Å². The Morgan fingerprint density at radius 1 is 1.36 bits per heavy atom. The third-order valence-corrected chi connectivity index (χ3v) is 3.03. The maximum Gasteiger partial charge on any atom is 0.177 e. The molecule has 11 heavy (non-hydrogen) atoms. The minimum Gasteiger partial charge on any atom is -0.326 e. The lowest BCUT2D eigenvalue weighted by Crippen LogP contribution is -2.05. The van der Waals surface area contributed by atoms with Gasteiger partial charge in [0.05, 0.1) is 5.69 Å². The number of hydrogen-bond acceptors (Lipinski definition) is 1. The minimum absolute atomic E-state index is 0.976. The normalized spacial score (nSPS) is 16.5. The van der Waals surface area contributed by atoms with Crippen molar-refractivity contribution in [2.24, 2.45) is 7.05 Å². The van der Waals surface area contributed by atoms with Gasteiger partial charge >= 0.3 is 0 Å². The lowest BCUT2D eigenvalue weighted by Gasteiger charge is -2.10. The fourth-order valence-corrected chi connectivity index (χ4v) is 2.08. The smallest absolute Gasteiger partial charge is 0.177 e. The van der Waals surface area contributed by atoms with E-state index in [2.05, 4.69) is 32.5 Å². The van der Waals surface area contributed by atoms with E-state index in [1.807, 2.05) is 0 Å². The summed E-state index contributed by atoms with van der Waals surface area (Å²) in [6, 6.07) is 0. The van der Waals surface area contributed by atoms with E-state index in [0.29, 0.717) is 0 Å². The Balaban J connectivity index is 2.50. The SMILES string of the molecule is Cn1c(Br)nc2c1CCCC2. The highest BCUT2D eigenvalue weighted by molar-refractivity contribution is 9.10. The number of halogens is 1. The minimum atomic E-state index is 0.976. The van der Waals surface area contributed by atoms with Crippen LogP contribution in [0.3, 0.4) is 0 Å². The van der Waals surface area contributed by atoms with Crippen LogP contribution in [0.15, 0.2) is 4.73 Å². The van der Waals surface area contributed by atoms with Crippen LogP contribution in [0.2, 0.25) is 0 Å². The van der Waals surface area contributed by atoms with Crippen molar-refractivity contribution in [3.8, 4) is 0 Å². The molecule has 0 N–H and O–H groups in total. The van der Waals surface area contributed by atoms with Crippen LogP contribution in [0.4, 0.5) is 0 Å². The number of imidazole rings is 1. The molecule has 0 fully saturated rings. The van der Waals surface area contributed by atoms with Gasteiger partial charge in [-0.1, -0.05) is 0 Å². The van der Waals surface area contributed by atoms with Crippen molar-refractivity contribution < 1.29 is 0 Å². The summed E-state index contributed by atoms with van der Waals surface area (Å²) in [4.78, 5) is 4.43. The molecule has 0 aliphatic heterocycles. The molecule has 1 aliphatic rings. The van der Waals surface area contributed by atoms with Crippen LogP contribution in [0, 0.1) is 0 Å². The first-order valence-corrected chi connectivity index (χ1v) is 4.78. The van der Waals surface area contributed by atoms with E-state index in [4.69, 9.17) is 0 Å². The summed E-state index contributed by atoms with van der Waals surface area (Å²) in [6.07, 6.45) is 4.98. The van der Waals surface area contributed by atoms with Crippen molar-refractivity contribution in [1.29, 1.82) is 0 Å². The summed E-state index contributed by atoms with van der Waals surface area (Å²) in [5, 5.41) is 0. The Kier molecular flexibility index (Phi) is 1.75. The molecule has 0 amide bonds. The highest BCUT2D eigenvalue weighted by Gasteiger charge is 2.15. The van der Waals surface area contributed by atoms with Gasteiger partial charge in [-0.15, -0.1) is 0 Å². The van der Waals surface area contributed by atoms with Crippen molar-refractivity contribution in [2.45, 2.75) is 25.7 Å². The molecule has 0 saturated carbocycles. The van der Waals surface area contributed by atoms with Crippen LogP contribution in [0.5, 0.6) is 0 Å². The summed E-state index contributed by atoms with van der Waals surface area (Å²) in [5.74, 6) is 0. The number of hydrogen-bond donors (Lipinski definition) is 0. The first kappa shape index (κ1) is 7.35. The molecule has 60 valence electrons. The van der Waals surface area contributed by atoms with Gasteiger partial charge < -0.3 is 4.57 Å². The highest BCUT2D eigenvalue weighted by Crippen LogP contribution is 2.23. The van der Waals surface area contributed by atoms with E-state index < -0.39 is 0 Å². The van der Waals surface area contributed by atoms with Crippen LogP contribution in [0.1, 0.15) is 24.2 Å². The molecule has 1 aliphatic carbocycles. The molecule has 1 aromatic heterocycles. The zero-order valence-electron chi connectivity index (χ0n) is 6.60. The third-order valence-electron chi connectivity index (χ3n) is 2.32. The molecule has 0 unspecified atom stereocenters. The molecule has 0 atom stereocenters. The lowest BCUT2D eigenvalue weighted by atomic mass is 10.0. The zero-order chi connectivity index (χ0) is 7.84. The maximum atomic E-state index is 4.43. The fraction of sp³-hybridized carbons (Fsp3) is 0.625. The maximum absolute atomic E-state index is 4.43. The lowest BCUT2D eigenvalue weighted by molar-refractivity contribution is 0.642. The van der Waals surface area contributed by atoms with Gasteiger partial charge in [-0.25, -0.2) is 4.98 Å². The predicted octanol–water partition coefficient (Wildman–Crippen LogP) is 2.06. The number of aryl methyl sites for hydroxylation is 1. The second-order valence-electron chi connectivity index (χ2n) is 3.04. The van der Waals surface area contributed by atoms with Gasteiger partial charge in [0.2, 0.25) is 0 Å². The Morgan fingerprint density at radius 3 is 2.82 bits per heavy atom. The van der Waals surface area contributed by atoms with Gasteiger partial charge in [-0.2, -0.15) is 0 Å². The van der Waals surface area contributed by atoms with E-state index in [1.54, 1.807) is 0 Å². The molecule has 0 spiro atoms. The monoisotopic (exact) mass is 214 g/mol. The van der Waals surface area contributed by atoms with Crippen molar-refractivity contribution >= 4 is 15.9 Å². The summed E-state index contributed by atoms with van der Waals surface area (Å²) in [6.45, 7) is 0. The molecule has 1 aromatic rings. The standard InChI is InChI=1S/C8H11BrN2/c1-11-7-5-3-2-4-6(7)10-8(11)9/h2-5H2,1H3.